The van der Waals surface area contributed by atoms with Crippen molar-refractivity contribution in [1.82, 2.24) is 0 Å². The van der Waals surface area contributed by atoms with Crippen molar-refractivity contribution < 1.29 is 4.74 Å². The van der Waals surface area contributed by atoms with Crippen molar-refractivity contribution in [3.63, 3.8) is 0 Å². The van der Waals surface area contributed by atoms with Crippen molar-refractivity contribution in [3.8, 4) is 11.5 Å². The van der Waals surface area contributed by atoms with E-state index in [1.807, 2.05) is 30.3 Å². The molecule has 0 unspecified atom stereocenters. The Morgan fingerprint density at radius 3 is 2.69 bits per heavy atom. The van der Waals surface area contributed by atoms with E-state index >= 15 is 0 Å². The van der Waals surface area contributed by atoms with E-state index in [4.69, 9.17) is 4.74 Å². The Morgan fingerprint density at radius 2 is 1.81 bits per heavy atom. The van der Waals surface area contributed by atoms with Gasteiger partial charge in [0, 0.05) is 0 Å². The number of nitrogens with zero attached hydrogens (tertiary/aromatic N) is 1. The summed E-state index contributed by atoms with van der Waals surface area (Å²) in [6.45, 7) is 0. The van der Waals surface area contributed by atoms with Crippen LogP contribution in [0.1, 0.15) is 0 Å². The highest BCUT2D eigenvalue weighted by molar-refractivity contribution is 5.80. The van der Waals surface area contributed by atoms with Crippen LogP contribution in [0.3, 0.4) is 0 Å². The fourth-order valence-corrected chi connectivity index (χ4v) is 1.72. The number of anilines is 2. The van der Waals surface area contributed by atoms with E-state index in [1.165, 1.54) is 0 Å². The van der Waals surface area contributed by atoms with Gasteiger partial charge in [-0.3, -0.25) is 0 Å². The van der Waals surface area contributed by atoms with Crippen LogP contribution >= 0.6 is 0 Å². The predicted octanol–water partition coefficient (Wildman–Crippen LogP) is 3.93. The number of nitrogens with one attached hydrogen (secondary N) is 1. The van der Waals surface area contributed by atoms with Gasteiger partial charge in [0.15, 0.2) is 17.2 Å². The highest BCUT2D eigenvalue weighted by Gasteiger charge is 2.18. The van der Waals surface area contributed by atoms with Crippen molar-refractivity contribution in [2.24, 2.45) is 5.18 Å². The second-order valence-corrected chi connectivity index (χ2v) is 3.47. The lowest BCUT2D eigenvalue weighted by atomic mass is 10.2. The zero-order valence-electron chi connectivity index (χ0n) is 8.31. The first-order valence-corrected chi connectivity index (χ1v) is 4.89. The lowest BCUT2D eigenvalue weighted by Crippen LogP contribution is -2.02. The molecule has 0 atom stereocenters. The fraction of sp³-hybridized carbons (Fsp3) is 0. The lowest BCUT2D eigenvalue weighted by Gasteiger charge is -2.21. The normalized spacial score (nSPS) is 11.8. The monoisotopic (exact) mass is 212 g/mol. The maximum Gasteiger partial charge on any atom is 0.180 e. The Hall–Kier alpha value is -2.36. The number of nitroso groups, excluding NO2 is 1. The summed E-state index contributed by atoms with van der Waals surface area (Å²) in [5.74, 6) is 1.18. The Balaban J connectivity index is 2.15. The number of rotatable bonds is 1. The summed E-state index contributed by atoms with van der Waals surface area (Å²) in [7, 11) is 0. The molecule has 0 saturated carbocycles. The van der Waals surface area contributed by atoms with Gasteiger partial charge in [-0.2, -0.15) is 0 Å². The molecule has 0 saturated heterocycles. The minimum atomic E-state index is 0.305. The standard InChI is InChI=1S/C12H8N2O2/c15-14-10-6-3-5-9-12(10)16-11-7-2-1-4-8(11)13-9/h1-7,13H. The zero-order chi connectivity index (χ0) is 11.0. The summed E-state index contributed by atoms with van der Waals surface area (Å²) >= 11 is 0. The maximum absolute atomic E-state index is 10.6. The highest BCUT2D eigenvalue weighted by atomic mass is 16.5. The average Bonchev–Trinajstić information content (AvgIpc) is 2.35. The van der Waals surface area contributed by atoms with Crippen molar-refractivity contribution in [2.75, 3.05) is 5.32 Å². The van der Waals surface area contributed by atoms with Crippen molar-refractivity contribution in [2.45, 2.75) is 0 Å². The van der Waals surface area contributed by atoms with Gasteiger partial charge in [0.05, 0.1) is 11.4 Å². The van der Waals surface area contributed by atoms with Gasteiger partial charge in [0.1, 0.15) is 0 Å². The molecule has 0 aromatic heterocycles. The quantitative estimate of drug-likeness (QED) is 0.621. The molecule has 16 heavy (non-hydrogen) atoms. The molecule has 0 aliphatic carbocycles. The van der Waals surface area contributed by atoms with Crippen LogP contribution in [0.15, 0.2) is 47.6 Å². The van der Waals surface area contributed by atoms with E-state index in [0.717, 1.165) is 11.4 Å². The summed E-state index contributed by atoms with van der Waals surface area (Å²) in [6, 6.07) is 12.8. The Labute approximate surface area is 91.8 Å². The zero-order valence-corrected chi connectivity index (χ0v) is 8.31. The molecule has 0 bridgehead atoms. The second-order valence-electron chi connectivity index (χ2n) is 3.47. The SMILES string of the molecule is O=Nc1cccc2c1Oc1ccccc1N2. The second kappa shape index (κ2) is 3.34. The van der Waals surface area contributed by atoms with Crippen LogP contribution in [-0.2, 0) is 0 Å². The number of hydrogen-bond donors (Lipinski definition) is 1. The summed E-state index contributed by atoms with van der Waals surface area (Å²) in [5.41, 5.74) is 1.95. The van der Waals surface area contributed by atoms with E-state index < -0.39 is 0 Å². The van der Waals surface area contributed by atoms with Crippen molar-refractivity contribution in [3.05, 3.63) is 47.4 Å². The molecule has 3 rings (SSSR count). The van der Waals surface area contributed by atoms with Crippen molar-refractivity contribution in [1.29, 1.82) is 0 Å². The third-order valence-electron chi connectivity index (χ3n) is 2.46. The van der Waals surface area contributed by atoms with Crippen molar-refractivity contribution >= 4 is 17.1 Å². The van der Waals surface area contributed by atoms with Crippen LogP contribution in [0.4, 0.5) is 17.1 Å². The van der Waals surface area contributed by atoms with Crippen LogP contribution < -0.4 is 10.1 Å². The van der Waals surface area contributed by atoms with E-state index in [9.17, 15) is 4.91 Å². The smallest absolute Gasteiger partial charge is 0.180 e. The number of ether oxygens (including phenoxy) is 1. The van der Waals surface area contributed by atoms with Gasteiger partial charge >= 0.3 is 0 Å². The molecular formula is C12H8N2O2. The Morgan fingerprint density at radius 1 is 1.00 bits per heavy atom. The molecule has 78 valence electrons. The molecule has 0 radical (unpaired) electrons. The van der Waals surface area contributed by atoms with E-state index in [-0.39, 0.29) is 0 Å². The molecule has 2 aromatic carbocycles. The van der Waals surface area contributed by atoms with Gasteiger partial charge in [-0.25, -0.2) is 0 Å². The maximum atomic E-state index is 10.6. The highest BCUT2D eigenvalue weighted by Crippen LogP contribution is 2.46. The van der Waals surface area contributed by atoms with Crippen LogP contribution in [0.2, 0.25) is 0 Å². The lowest BCUT2D eigenvalue weighted by molar-refractivity contribution is 0.482. The molecule has 1 heterocycles. The van der Waals surface area contributed by atoms with Gasteiger partial charge in [-0.05, 0) is 29.4 Å². The fourth-order valence-electron chi connectivity index (χ4n) is 1.72. The number of fused-ring (bicyclic) bond motifs is 2. The molecule has 0 spiro atoms. The van der Waals surface area contributed by atoms with Crippen LogP contribution in [0, 0.1) is 4.91 Å². The molecule has 4 heteroatoms. The minimum absolute atomic E-state index is 0.305. The third-order valence-corrected chi connectivity index (χ3v) is 2.46. The largest absolute Gasteiger partial charge is 0.451 e. The van der Waals surface area contributed by atoms with Gasteiger partial charge in [0.2, 0.25) is 0 Å². The van der Waals surface area contributed by atoms with E-state index in [1.54, 1.807) is 12.1 Å². The number of benzene rings is 2. The Bertz CT molecular complexity index is 567. The molecule has 1 N–H and O–H groups in total. The molecule has 1 aliphatic rings. The summed E-state index contributed by atoms with van der Waals surface area (Å²) < 4.78 is 5.64. The summed E-state index contributed by atoms with van der Waals surface area (Å²) in [4.78, 5) is 10.6. The third kappa shape index (κ3) is 1.24. The topological polar surface area (TPSA) is 50.7 Å². The van der Waals surface area contributed by atoms with Gasteiger partial charge in [-0.1, -0.05) is 18.2 Å². The van der Waals surface area contributed by atoms with E-state index in [2.05, 4.69) is 10.5 Å². The van der Waals surface area contributed by atoms with Crippen LogP contribution in [0.5, 0.6) is 11.5 Å². The number of hydrogen-bond acceptors (Lipinski definition) is 4. The number of para-hydroxylation sites is 3. The molecule has 0 amide bonds. The minimum Gasteiger partial charge on any atom is -0.451 e. The molecular weight excluding hydrogens is 204 g/mol. The van der Waals surface area contributed by atoms with Crippen LogP contribution in [-0.4, -0.2) is 0 Å². The summed E-state index contributed by atoms with van der Waals surface area (Å²) in [5, 5.41) is 6.13. The molecule has 1 aliphatic heterocycles. The van der Waals surface area contributed by atoms with E-state index in [0.29, 0.717) is 17.2 Å². The molecule has 0 fully saturated rings. The van der Waals surface area contributed by atoms with Gasteiger partial charge in [-0.15, -0.1) is 4.91 Å². The van der Waals surface area contributed by atoms with Crippen LogP contribution in [0.25, 0.3) is 0 Å². The first-order valence-electron chi connectivity index (χ1n) is 4.89. The van der Waals surface area contributed by atoms with Gasteiger partial charge in [0.25, 0.3) is 0 Å². The van der Waals surface area contributed by atoms with Gasteiger partial charge < -0.3 is 10.1 Å². The molecule has 2 aromatic rings. The average molecular weight is 212 g/mol. The summed E-state index contributed by atoms with van der Waals surface area (Å²) in [6.07, 6.45) is 0. The molecule has 4 nitrogen and oxygen atoms in total. The predicted molar refractivity (Wildman–Crippen MR) is 61.7 cm³/mol. The first-order chi connectivity index (χ1) is 7.88. The first kappa shape index (κ1) is 8.91. The Kier molecular flexibility index (Phi) is 1.86.